The van der Waals surface area contributed by atoms with Crippen LogP contribution in [-0.2, 0) is 6.18 Å². The minimum absolute atomic E-state index is 0.126. The van der Waals surface area contributed by atoms with Crippen molar-refractivity contribution in [1.82, 2.24) is 0 Å². The lowest BCUT2D eigenvalue weighted by atomic mass is 10.1. The van der Waals surface area contributed by atoms with Gasteiger partial charge in [0.2, 0.25) is 0 Å². The highest BCUT2D eigenvalue weighted by Crippen LogP contribution is 2.56. The molecule has 1 aliphatic rings. The summed E-state index contributed by atoms with van der Waals surface area (Å²) in [6.45, 7) is 0. The van der Waals surface area contributed by atoms with Gasteiger partial charge in [-0.15, -0.1) is 11.8 Å². The highest BCUT2D eigenvalue weighted by atomic mass is 32.2. The molecular weight excluding hydrogens is 290 g/mol. The van der Waals surface area contributed by atoms with E-state index >= 15 is 0 Å². The number of hydrogen-bond donors (Lipinski definition) is 0. The Morgan fingerprint density at radius 3 is 2.11 bits per heavy atom. The Bertz CT molecular complexity index is 476. The second-order valence-corrected chi connectivity index (χ2v) is 5.36. The number of alkyl halides is 6. The van der Waals surface area contributed by atoms with Crippen molar-refractivity contribution in [1.29, 1.82) is 0 Å². The van der Waals surface area contributed by atoms with Crippen molar-refractivity contribution in [3.63, 3.8) is 0 Å². The highest BCUT2D eigenvalue weighted by molar-refractivity contribution is 7.98. The Kier molecular flexibility index (Phi) is 3.53. The molecule has 1 aromatic carbocycles. The van der Waals surface area contributed by atoms with Crippen molar-refractivity contribution in [2.75, 3.05) is 6.26 Å². The average Bonchev–Trinajstić information content (AvgIpc) is 3.06. The molecule has 106 valence electrons. The molecule has 1 aromatic rings. The van der Waals surface area contributed by atoms with Crippen molar-refractivity contribution in [3.8, 4) is 0 Å². The van der Waals surface area contributed by atoms with Gasteiger partial charge in [-0.3, -0.25) is 0 Å². The SMILES string of the molecule is CSc1cc(C2CC2C(F)(F)F)cc(C(F)(F)F)c1. The van der Waals surface area contributed by atoms with Crippen LogP contribution in [0.5, 0.6) is 0 Å². The Balaban J connectivity index is 2.32. The minimum atomic E-state index is -4.54. The van der Waals surface area contributed by atoms with Gasteiger partial charge in [0, 0.05) is 4.90 Å². The first-order chi connectivity index (χ1) is 8.63. The van der Waals surface area contributed by atoms with Gasteiger partial charge < -0.3 is 0 Å². The molecule has 0 nitrogen and oxygen atoms in total. The summed E-state index contributed by atoms with van der Waals surface area (Å²) in [5.74, 6) is -2.35. The molecule has 1 fully saturated rings. The number of hydrogen-bond acceptors (Lipinski definition) is 1. The molecule has 0 aromatic heterocycles. The predicted octanol–water partition coefficient (Wildman–Crippen LogP) is 5.09. The van der Waals surface area contributed by atoms with E-state index in [1.54, 1.807) is 6.26 Å². The van der Waals surface area contributed by atoms with E-state index in [1.165, 1.54) is 6.07 Å². The van der Waals surface area contributed by atoms with E-state index in [-0.39, 0.29) is 12.0 Å². The lowest BCUT2D eigenvalue weighted by Crippen LogP contribution is -2.12. The zero-order chi connectivity index (χ0) is 14.4. The Hall–Kier alpha value is -0.850. The van der Waals surface area contributed by atoms with Gasteiger partial charge in [-0.2, -0.15) is 26.3 Å². The maximum absolute atomic E-state index is 12.7. The van der Waals surface area contributed by atoms with Crippen molar-refractivity contribution >= 4 is 11.8 Å². The van der Waals surface area contributed by atoms with Gasteiger partial charge in [0.1, 0.15) is 0 Å². The molecule has 1 saturated carbocycles. The highest BCUT2D eigenvalue weighted by Gasteiger charge is 2.56. The fourth-order valence-electron chi connectivity index (χ4n) is 2.04. The summed E-state index contributed by atoms with van der Waals surface area (Å²) in [6, 6.07) is 3.20. The van der Waals surface area contributed by atoms with Crippen LogP contribution < -0.4 is 0 Å². The summed E-state index contributed by atoms with van der Waals surface area (Å²) in [7, 11) is 0. The van der Waals surface area contributed by atoms with E-state index in [0.717, 1.165) is 23.9 Å². The molecule has 0 bridgehead atoms. The first-order valence-corrected chi connectivity index (χ1v) is 6.68. The molecule has 2 unspecified atom stereocenters. The van der Waals surface area contributed by atoms with Crippen LogP contribution in [0.25, 0.3) is 0 Å². The lowest BCUT2D eigenvalue weighted by Gasteiger charge is -2.12. The summed E-state index contributed by atoms with van der Waals surface area (Å²) in [6.07, 6.45) is -7.41. The van der Waals surface area contributed by atoms with Crippen molar-refractivity contribution in [2.45, 2.75) is 29.6 Å². The smallest absolute Gasteiger partial charge is 0.171 e. The van der Waals surface area contributed by atoms with Crippen LogP contribution in [0.1, 0.15) is 23.5 Å². The lowest BCUT2D eigenvalue weighted by molar-refractivity contribution is -0.148. The molecule has 0 N–H and O–H groups in total. The van der Waals surface area contributed by atoms with Gasteiger partial charge in [0.25, 0.3) is 0 Å². The van der Waals surface area contributed by atoms with Gasteiger partial charge in [0.15, 0.2) is 0 Å². The molecule has 7 heteroatoms. The summed E-state index contributed by atoms with van der Waals surface area (Å²) >= 11 is 1.09. The van der Waals surface area contributed by atoms with Crippen LogP contribution in [0.4, 0.5) is 26.3 Å². The van der Waals surface area contributed by atoms with Gasteiger partial charge >= 0.3 is 12.4 Å². The Morgan fingerprint density at radius 2 is 1.68 bits per heavy atom. The second-order valence-electron chi connectivity index (χ2n) is 4.48. The van der Waals surface area contributed by atoms with E-state index in [0.29, 0.717) is 4.90 Å². The molecule has 19 heavy (non-hydrogen) atoms. The van der Waals surface area contributed by atoms with E-state index in [1.807, 2.05) is 0 Å². The monoisotopic (exact) mass is 300 g/mol. The zero-order valence-corrected chi connectivity index (χ0v) is 10.6. The molecular formula is C12H10F6S. The molecule has 0 radical (unpaired) electrons. The maximum atomic E-state index is 12.7. The second kappa shape index (κ2) is 4.61. The van der Waals surface area contributed by atoms with Crippen LogP contribution in [0, 0.1) is 5.92 Å². The molecule has 0 spiro atoms. The van der Waals surface area contributed by atoms with Gasteiger partial charge in [-0.05, 0) is 42.4 Å². The number of halogens is 6. The zero-order valence-electron chi connectivity index (χ0n) is 9.77. The average molecular weight is 300 g/mol. The van der Waals surface area contributed by atoms with E-state index in [4.69, 9.17) is 0 Å². The third kappa shape index (κ3) is 3.19. The van der Waals surface area contributed by atoms with Crippen LogP contribution in [0.15, 0.2) is 23.1 Å². The van der Waals surface area contributed by atoms with Gasteiger partial charge in [0.05, 0.1) is 11.5 Å². The Labute approximate surface area is 110 Å². The van der Waals surface area contributed by atoms with E-state index < -0.39 is 29.8 Å². The minimum Gasteiger partial charge on any atom is -0.171 e. The molecule has 0 saturated heterocycles. The molecule has 0 heterocycles. The Morgan fingerprint density at radius 1 is 1.05 bits per heavy atom. The quantitative estimate of drug-likeness (QED) is 0.541. The molecule has 2 rings (SSSR count). The predicted molar refractivity (Wildman–Crippen MR) is 60.1 cm³/mol. The van der Waals surface area contributed by atoms with Crippen molar-refractivity contribution in [3.05, 3.63) is 29.3 Å². The first kappa shape index (κ1) is 14.6. The topological polar surface area (TPSA) is 0 Å². The van der Waals surface area contributed by atoms with Crippen molar-refractivity contribution < 1.29 is 26.3 Å². The van der Waals surface area contributed by atoms with Crippen LogP contribution in [-0.4, -0.2) is 12.4 Å². The van der Waals surface area contributed by atoms with Crippen LogP contribution in [0.3, 0.4) is 0 Å². The summed E-state index contributed by atoms with van der Waals surface area (Å²) in [5, 5.41) is 0. The third-order valence-electron chi connectivity index (χ3n) is 3.13. The standard InChI is InChI=1S/C12H10F6S/c1-19-8-3-6(2-7(4-8)11(13,14)15)9-5-10(9)12(16,17)18/h2-4,9-10H,5H2,1H3. The molecule has 2 atom stereocenters. The van der Waals surface area contributed by atoms with Crippen LogP contribution >= 0.6 is 11.8 Å². The molecule has 1 aliphatic carbocycles. The normalized spacial score (nSPS) is 23.5. The largest absolute Gasteiger partial charge is 0.416 e. The van der Waals surface area contributed by atoms with Gasteiger partial charge in [-0.25, -0.2) is 0 Å². The first-order valence-electron chi connectivity index (χ1n) is 5.46. The fraction of sp³-hybridized carbons (Fsp3) is 0.500. The molecule has 0 amide bonds. The number of benzene rings is 1. The maximum Gasteiger partial charge on any atom is 0.416 e. The van der Waals surface area contributed by atoms with E-state index in [2.05, 4.69) is 0 Å². The van der Waals surface area contributed by atoms with Gasteiger partial charge in [-0.1, -0.05) is 0 Å². The number of rotatable bonds is 2. The third-order valence-corrected chi connectivity index (χ3v) is 3.84. The van der Waals surface area contributed by atoms with E-state index in [9.17, 15) is 26.3 Å². The summed E-state index contributed by atoms with van der Waals surface area (Å²) in [4.78, 5) is 0.331. The van der Waals surface area contributed by atoms with Crippen molar-refractivity contribution in [2.24, 2.45) is 5.92 Å². The summed E-state index contributed by atoms with van der Waals surface area (Å²) < 4.78 is 75.4. The molecule has 0 aliphatic heterocycles. The number of thioether (sulfide) groups is 1. The summed E-state index contributed by atoms with van der Waals surface area (Å²) in [5.41, 5.74) is -0.760. The fourth-order valence-corrected chi connectivity index (χ4v) is 2.54. The van der Waals surface area contributed by atoms with Crippen LogP contribution in [0.2, 0.25) is 0 Å².